The van der Waals surface area contributed by atoms with Gasteiger partial charge in [-0.25, -0.2) is 0 Å². The molecule has 0 aliphatic rings. The lowest BCUT2D eigenvalue weighted by Gasteiger charge is -2.12. The number of rotatable bonds is 5. The monoisotopic (exact) mass is 355 g/mol. The van der Waals surface area contributed by atoms with Gasteiger partial charge in [-0.1, -0.05) is 51.8 Å². The molecule has 19 heavy (non-hydrogen) atoms. The van der Waals surface area contributed by atoms with Gasteiger partial charge in [-0.2, -0.15) is 0 Å². The third-order valence-corrected chi connectivity index (χ3v) is 4.93. The summed E-state index contributed by atoms with van der Waals surface area (Å²) in [6, 6.07) is 16.3. The van der Waals surface area contributed by atoms with E-state index in [9.17, 15) is 0 Å². The van der Waals surface area contributed by atoms with E-state index in [0.717, 1.165) is 26.6 Å². The minimum atomic E-state index is 0.127. The summed E-state index contributed by atoms with van der Waals surface area (Å²) >= 11 is 11.3. The van der Waals surface area contributed by atoms with Gasteiger partial charge in [0.1, 0.15) is 0 Å². The second-order valence-electron chi connectivity index (χ2n) is 4.33. The molecule has 0 spiro atoms. The van der Waals surface area contributed by atoms with E-state index in [1.54, 1.807) is 11.8 Å². The third-order valence-electron chi connectivity index (χ3n) is 2.70. The SMILES string of the molecule is NC(CSc1ccccc1Cl)Cc1ccc(Br)cc1. The van der Waals surface area contributed by atoms with E-state index < -0.39 is 0 Å². The number of benzene rings is 2. The fraction of sp³-hybridized carbons (Fsp3) is 0.200. The molecule has 2 rings (SSSR count). The molecule has 2 N–H and O–H groups in total. The quantitative estimate of drug-likeness (QED) is 0.781. The zero-order valence-electron chi connectivity index (χ0n) is 10.4. The van der Waals surface area contributed by atoms with Crippen molar-refractivity contribution >= 4 is 39.3 Å². The van der Waals surface area contributed by atoms with E-state index in [0.29, 0.717) is 0 Å². The van der Waals surface area contributed by atoms with Crippen LogP contribution in [0.2, 0.25) is 5.02 Å². The molecule has 0 aromatic heterocycles. The number of nitrogens with two attached hydrogens (primary N) is 1. The topological polar surface area (TPSA) is 26.0 Å². The average Bonchev–Trinajstić information content (AvgIpc) is 2.40. The van der Waals surface area contributed by atoms with Crippen LogP contribution in [0.3, 0.4) is 0 Å². The number of halogens is 2. The van der Waals surface area contributed by atoms with Crippen molar-refractivity contribution in [1.82, 2.24) is 0 Å². The second kappa shape index (κ2) is 7.34. The van der Waals surface area contributed by atoms with Crippen molar-refractivity contribution in [2.45, 2.75) is 17.4 Å². The summed E-state index contributed by atoms with van der Waals surface area (Å²) in [7, 11) is 0. The molecule has 1 atom stereocenters. The molecule has 0 radical (unpaired) electrons. The molecular weight excluding hydrogens is 342 g/mol. The molecule has 100 valence electrons. The van der Waals surface area contributed by atoms with Gasteiger partial charge >= 0.3 is 0 Å². The molecular formula is C15H15BrClNS. The first-order valence-electron chi connectivity index (χ1n) is 6.02. The number of hydrogen-bond donors (Lipinski definition) is 1. The largest absolute Gasteiger partial charge is 0.327 e. The molecule has 0 amide bonds. The highest BCUT2D eigenvalue weighted by molar-refractivity contribution is 9.10. The Kier molecular flexibility index (Phi) is 5.76. The lowest BCUT2D eigenvalue weighted by atomic mass is 10.1. The van der Waals surface area contributed by atoms with Gasteiger partial charge in [-0.15, -0.1) is 11.8 Å². The van der Waals surface area contributed by atoms with Crippen LogP contribution >= 0.6 is 39.3 Å². The minimum Gasteiger partial charge on any atom is -0.327 e. The Hall–Kier alpha value is -0.480. The molecule has 1 nitrogen and oxygen atoms in total. The third kappa shape index (κ3) is 4.84. The highest BCUT2D eigenvalue weighted by Crippen LogP contribution is 2.27. The summed E-state index contributed by atoms with van der Waals surface area (Å²) in [4.78, 5) is 1.09. The van der Waals surface area contributed by atoms with Crippen molar-refractivity contribution in [3.8, 4) is 0 Å². The zero-order chi connectivity index (χ0) is 13.7. The maximum absolute atomic E-state index is 6.17. The highest BCUT2D eigenvalue weighted by Gasteiger charge is 2.07. The second-order valence-corrected chi connectivity index (χ2v) is 6.72. The summed E-state index contributed by atoms with van der Waals surface area (Å²) in [5.74, 6) is 0.861. The minimum absolute atomic E-state index is 0.127. The van der Waals surface area contributed by atoms with E-state index in [-0.39, 0.29) is 6.04 Å². The summed E-state index contributed by atoms with van der Waals surface area (Å²) < 4.78 is 1.09. The molecule has 1 unspecified atom stereocenters. The van der Waals surface area contributed by atoms with E-state index in [2.05, 4.69) is 28.1 Å². The van der Waals surface area contributed by atoms with Crippen molar-refractivity contribution in [2.24, 2.45) is 5.73 Å². The van der Waals surface area contributed by atoms with Crippen LogP contribution in [0.4, 0.5) is 0 Å². The Labute approximate surface area is 131 Å². The molecule has 0 fully saturated rings. The van der Waals surface area contributed by atoms with Gasteiger partial charge in [0, 0.05) is 21.2 Å². The molecule has 0 bridgehead atoms. The normalized spacial score (nSPS) is 12.4. The summed E-state index contributed by atoms with van der Waals surface area (Å²) in [6.07, 6.45) is 0.880. The number of thioether (sulfide) groups is 1. The Morgan fingerprint density at radius 1 is 1.11 bits per heavy atom. The molecule has 0 aliphatic heterocycles. The highest BCUT2D eigenvalue weighted by atomic mass is 79.9. The lowest BCUT2D eigenvalue weighted by molar-refractivity contribution is 0.748. The van der Waals surface area contributed by atoms with Crippen molar-refractivity contribution in [2.75, 3.05) is 5.75 Å². The van der Waals surface area contributed by atoms with E-state index in [4.69, 9.17) is 17.3 Å². The van der Waals surface area contributed by atoms with Gasteiger partial charge < -0.3 is 5.73 Å². The van der Waals surface area contributed by atoms with Crippen LogP contribution in [0.15, 0.2) is 57.9 Å². The number of hydrogen-bond acceptors (Lipinski definition) is 2. The Balaban J connectivity index is 1.86. The first kappa shape index (κ1) is 14.9. The van der Waals surface area contributed by atoms with Crippen LogP contribution in [0, 0.1) is 0 Å². The summed E-state index contributed by atoms with van der Waals surface area (Å²) in [6.45, 7) is 0. The van der Waals surface area contributed by atoms with E-state index in [1.807, 2.05) is 36.4 Å². The fourth-order valence-corrected chi connectivity index (χ4v) is 3.20. The molecule has 0 heterocycles. The molecule has 0 saturated heterocycles. The zero-order valence-corrected chi connectivity index (χ0v) is 13.5. The smallest absolute Gasteiger partial charge is 0.0541 e. The van der Waals surface area contributed by atoms with Gasteiger partial charge in [0.15, 0.2) is 0 Å². The standard InChI is InChI=1S/C15H15BrClNS/c16-12-7-5-11(6-8-12)9-13(18)10-19-15-4-2-1-3-14(15)17/h1-8,13H,9-10,18H2. The molecule has 2 aromatic rings. The van der Waals surface area contributed by atoms with Crippen LogP contribution in [-0.2, 0) is 6.42 Å². The van der Waals surface area contributed by atoms with Crippen LogP contribution < -0.4 is 5.73 Å². The van der Waals surface area contributed by atoms with Gasteiger partial charge in [0.25, 0.3) is 0 Å². The fourth-order valence-electron chi connectivity index (χ4n) is 1.74. The summed E-state index contributed by atoms with van der Waals surface area (Å²) in [5, 5.41) is 0.795. The van der Waals surface area contributed by atoms with Gasteiger partial charge in [0.05, 0.1) is 5.02 Å². The first-order chi connectivity index (χ1) is 9.15. The molecule has 4 heteroatoms. The van der Waals surface area contributed by atoms with Gasteiger partial charge in [0.2, 0.25) is 0 Å². The van der Waals surface area contributed by atoms with Crippen molar-refractivity contribution in [3.63, 3.8) is 0 Å². The molecule has 2 aromatic carbocycles. The van der Waals surface area contributed by atoms with Crippen molar-refractivity contribution in [1.29, 1.82) is 0 Å². The maximum Gasteiger partial charge on any atom is 0.0541 e. The Bertz CT molecular complexity index is 530. The van der Waals surface area contributed by atoms with Crippen LogP contribution in [0.5, 0.6) is 0 Å². The predicted molar refractivity (Wildman–Crippen MR) is 88.0 cm³/mol. The lowest BCUT2D eigenvalue weighted by Crippen LogP contribution is -2.25. The Morgan fingerprint density at radius 2 is 1.79 bits per heavy atom. The van der Waals surface area contributed by atoms with E-state index >= 15 is 0 Å². The Morgan fingerprint density at radius 3 is 2.47 bits per heavy atom. The predicted octanol–water partition coefficient (Wildman–Crippen LogP) is 4.76. The van der Waals surface area contributed by atoms with E-state index in [1.165, 1.54) is 5.56 Å². The van der Waals surface area contributed by atoms with Gasteiger partial charge in [-0.05, 0) is 36.2 Å². The van der Waals surface area contributed by atoms with Gasteiger partial charge in [-0.3, -0.25) is 0 Å². The van der Waals surface area contributed by atoms with Crippen LogP contribution in [0.25, 0.3) is 0 Å². The van der Waals surface area contributed by atoms with Crippen molar-refractivity contribution < 1.29 is 0 Å². The maximum atomic E-state index is 6.17. The molecule has 0 saturated carbocycles. The van der Waals surface area contributed by atoms with Crippen LogP contribution in [0.1, 0.15) is 5.56 Å². The van der Waals surface area contributed by atoms with Crippen LogP contribution in [-0.4, -0.2) is 11.8 Å². The molecule has 0 aliphatic carbocycles. The summed E-state index contributed by atoms with van der Waals surface area (Å²) in [5.41, 5.74) is 7.43. The van der Waals surface area contributed by atoms with Crippen molar-refractivity contribution in [3.05, 3.63) is 63.6 Å². The average molecular weight is 357 g/mol. The first-order valence-corrected chi connectivity index (χ1v) is 8.18.